The van der Waals surface area contributed by atoms with Crippen molar-refractivity contribution in [2.45, 2.75) is 19.9 Å². The average Bonchev–Trinajstić information content (AvgIpc) is 3.35. The Labute approximate surface area is 163 Å². The number of nitrogens with zero attached hydrogens (tertiary/aromatic N) is 2. The first kappa shape index (κ1) is 17.8. The number of amides is 1. The van der Waals surface area contributed by atoms with Crippen LogP contribution in [0, 0.1) is 0 Å². The highest BCUT2D eigenvalue weighted by Gasteiger charge is 2.11. The maximum absolute atomic E-state index is 12.5. The molecule has 140 valence electrons. The number of anilines is 1. The molecule has 2 heterocycles. The summed E-state index contributed by atoms with van der Waals surface area (Å²) in [5, 5.41) is 8.22. The van der Waals surface area contributed by atoms with Gasteiger partial charge in [-0.15, -0.1) is 0 Å². The molecule has 0 fully saturated rings. The molecule has 0 atom stereocenters. The number of furan rings is 1. The number of nitrogens with one attached hydrogen (secondary N) is 1. The number of rotatable bonds is 6. The molecule has 0 aliphatic rings. The van der Waals surface area contributed by atoms with Crippen molar-refractivity contribution in [3.05, 3.63) is 90.0 Å². The third-order valence-electron chi connectivity index (χ3n) is 4.60. The van der Waals surface area contributed by atoms with E-state index in [0.29, 0.717) is 6.54 Å². The van der Waals surface area contributed by atoms with E-state index >= 15 is 0 Å². The number of carbonyl (C=O) groups excluding carboxylic acids is 1. The standard InChI is InChI=1S/C23H21N3O2/c1-2-21-19(18-9-4-6-11-22(18)28-21)12-13-23(27)25-20-10-5-3-8-17(20)16-26-15-7-14-24-26/h3-15H,2,16H2,1H3,(H,25,27)/b13-12+. The van der Waals surface area contributed by atoms with Gasteiger partial charge in [0, 0.05) is 41.5 Å². The summed E-state index contributed by atoms with van der Waals surface area (Å²) in [5.74, 6) is 0.699. The summed E-state index contributed by atoms with van der Waals surface area (Å²) in [7, 11) is 0. The van der Waals surface area contributed by atoms with Crippen molar-refractivity contribution in [3.63, 3.8) is 0 Å². The molecule has 1 amide bonds. The normalized spacial score (nSPS) is 11.3. The molecule has 0 aliphatic heterocycles. The predicted octanol–water partition coefficient (Wildman–Crippen LogP) is 4.89. The maximum Gasteiger partial charge on any atom is 0.248 e. The maximum atomic E-state index is 12.5. The summed E-state index contributed by atoms with van der Waals surface area (Å²) >= 11 is 0. The molecule has 2 aromatic heterocycles. The summed E-state index contributed by atoms with van der Waals surface area (Å²) in [6.07, 6.45) is 7.79. The van der Waals surface area contributed by atoms with Gasteiger partial charge in [-0.05, 0) is 29.8 Å². The number of benzene rings is 2. The number of aryl methyl sites for hydroxylation is 1. The fourth-order valence-corrected chi connectivity index (χ4v) is 3.24. The number of hydrogen-bond acceptors (Lipinski definition) is 3. The van der Waals surface area contributed by atoms with E-state index in [4.69, 9.17) is 4.42 Å². The van der Waals surface area contributed by atoms with Crippen LogP contribution in [-0.4, -0.2) is 15.7 Å². The smallest absolute Gasteiger partial charge is 0.248 e. The van der Waals surface area contributed by atoms with Crippen molar-refractivity contribution < 1.29 is 9.21 Å². The summed E-state index contributed by atoms with van der Waals surface area (Å²) in [5.41, 5.74) is 3.57. The molecule has 5 heteroatoms. The molecular weight excluding hydrogens is 350 g/mol. The van der Waals surface area contributed by atoms with Gasteiger partial charge in [0.25, 0.3) is 0 Å². The summed E-state index contributed by atoms with van der Waals surface area (Å²) < 4.78 is 7.71. The zero-order valence-electron chi connectivity index (χ0n) is 15.6. The SMILES string of the molecule is CCc1oc2ccccc2c1/C=C/C(=O)Nc1ccccc1Cn1cccn1. The van der Waals surface area contributed by atoms with E-state index in [1.807, 2.05) is 78.5 Å². The molecule has 28 heavy (non-hydrogen) atoms. The van der Waals surface area contributed by atoms with Crippen molar-refractivity contribution in [2.24, 2.45) is 0 Å². The second-order valence-corrected chi connectivity index (χ2v) is 6.47. The van der Waals surface area contributed by atoms with Crippen LogP contribution in [-0.2, 0) is 17.8 Å². The third-order valence-corrected chi connectivity index (χ3v) is 4.60. The fraction of sp³-hybridized carbons (Fsp3) is 0.130. The van der Waals surface area contributed by atoms with Crippen LogP contribution in [0.4, 0.5) is 5.69 Å². The van der Waals surface area contributed by atoms with E-state index in [-0.39, 0.29) is 5.91 Å². The molecule has 0 aliphatic carbocycles. The summed E-state index contributed by atoms with van der Waals surface area (Å²) in [6.45, 7) is 2.64. The summed E-state index contributed by atoms with van der Waals surface area (Å²) in [6, 6.07) is 17.5. The number of para-hydroxylation sites is 2. The molecule has 1 N–H and O–H groups in total. The second-order valence-electron chi connectivity index (χ2n) is 6.47. The van der Waals surface area contributed by atoms with Gasteiger partial charge in [-0.25, -0.2) is 0 Å². The first-order chi connectivity index (χ1) is 13.7. The quantitative estimate of drug-likeness (QED) is 0.491. The molecule has 4 rings (SSSR count). The van der Waals surface area contributed by atoms with Gasteiger partial charge in [-0.2, -0.15) is 5.10 Å². The van der Waals surface area contributed by atoms with E-state index in [9.17, 15) is 4.79 Å². The zero-order valence-corrected chi connectivity index (χ0v) is 15.6. The number of hydrogen-bond donors (Lipinski definition) is 1. The highest BCUT2D eigenvalue weighted by atomic mass is 16.3. The molecule has 0 unspecified atom stereocenters. The summed E-state index contributed by atoms with van der Waals surface area (Å²) in [4.78, 5) is 12.5. The van der Waals surface area contributed by atoms with Gasteiger partial charge in [0.1, 0.15) is 11.3 Å². The molecule has 0 spiro atoms. The van der Waals surface area contributed by atoms with Crippen molar-refractivity contribution in [3.8, 4) is 0 Å². The van der Waals surface area contributed by atoms with Gasteiger partial charge in [0.2, 0.25) is 5.91 Å². The molecule has 0 bridgehead atoms. The average molecular weight is 371 g/mol. The first-order valence-corrected chi connectivity index (χ1v) is 9.29. The predicted molar refractivity (Wildman–Crippen MR) is 111 cm³/mol. The van der Waals surface area contributed by atoms with Crippen molar-refractivity contribution in [2.75, 3.05) is 5.32 Å². The van der Waals surface area contributed by atoms with E-state index in [1.54, 1.807) is 12.3 Å². The second kappa shape index (κ2) is 7.96. The van der Waals surface area contributed by atoms with Crippen LogP contribution in [0.5, 0.6) is 0 Å². The van der Waals surface area contributed by atoms with Gasteiger partial charge in [-0.3, -0.25) is 9.48 Å². The van der Waals surface area contributed by atoms with Crippen molar-refractivity contribution in [1.29, 1.82) is 0 Å². The Morgan fingerprint density at radius 2 is 1.96 bits per heavy atom. The largest absolute Gasteiger partial charge is 0.460 e. The lowest BCUT2D eigenvalue weighted by molar-refractivity contribution is -0.111. The van der Waals surface area contributed by atoms with Crippen LogP contribution < -0.4 is 5.32 Å². The highest BCUT2D eigenvalue weighted by molar-refractivity contribution is 6.03. The Balaban J connectivity index is 1.54. The van der Waals surface area contributed by atoms with Crippen LogP contribution >= 0.6 is 0 Å². The van der Waals surface area contributed by atoms with Gasteiger partial charge >= 0.3 is 0 Å². The monoisotopic (exact) mass is 371 g/mol. The van der Waals surface area contributed by atoms with Gasteiger partial charge in [0.05, 0.1) is 6.54 Å². The van der Waals surface area contributed by atoms with Crippen LogP contribution in [0.15, 0.2) is 77.5 Å². The molecule has 5 nitrogen and oxygen atoms in total. The first-order valence-electron chi connectivity index (χ1n) is 9.29. The third kappa shape index (κ3) is 3.74. The van der Waals surface area contributed by atoms with Crippen molar-refractivity contribution in [1.82, 2.24) is 9.78 Å². The topological polar surface area (TPSA) is 60.1 Å². The lowest BCUT2D eigenvalue weighted by Gasteiger charge is -2.10. The molecule has 4 aromatic rings. The Morgan fingerprint density at radius 3 is 2.79 bits per heavy atom. The molecule has 0 saturated carbocycles. The number of aromatic nitrogens is 2. The molecule has 0 radical (unpaired) electrons. The van der Waals surface area contributed by atoms with Gasteiger partial charge in [-0.1, -0.05) is 43.3 Å². The molecule has 0 saturated heterocycles. The Bertz CT molecular complexity index is 1120. The zero-order chi connectivity index (χ0) is 19.3. The van der Waals surface area contributed by atoms with E-state index in [0.717, 1.165) is 40.0 Å². The molecular formula is C23H21N3O2. The van der Waals surface area contributed by atoms with Crippen molar-refractivity contribution >= 4 is 28.6 Å². The lowest BCUT2D eigenvalue weighted by Crippen LogP contribution is -2.11. The van der Waals surface area contributed by atoms with E-state index < -0.39 is 0 Å². The van der Waals surface area contributed by atoms with Crippen LogP contribution in [0.3, 0.4) is 0 Å². The minimum absolute atomic E-state index is 0.180. The van der Waals surface area contributed by atoms with E-state index in [1.165, 1.54) is 0 Å². The van der Waals surface area contributed by atoms with Gasteiger partial charge < -0.3 is 9.73 Å². The minimum atomic E-state index is -0.180. The van der Waals surface area contributed by atoms with Crippen LogP contribution in [0.25, 0.3) is 17.0 Å². The Hall–Kier alpha value is -3.60. The molecule has 2 aromatic carbocycles. The van der Waals surface area contributed by atoms with E-state index in [2.05, 4.69) is 10.4 Å². The Kier molecular flexibility index (Phi) is 5.06. The Morgan fingerprint density at radius 1 is 1.14 bits per heavy atom. The highest BCUT2D eigenvalue weighted by Crippen LogP contribution is 2.27. The minimum Gasteiger partial charge on any atom is -0.460 e. The van der Waals surface area contributed by atoms with Crippen LogP contribution in [0.1, 0.15) is 23.8 Å². The van der Waals surface area contributed by atoms with Crippen LogP contribution in [0.2, 0.25) is 0 Å². The number of carbonyl (C=O) groups is 1. The lowest BCUT2D eigenvalue weighted by atomic mass is 10.1. The fourth-order valence-electron chi connectivity index (χ4n) is 3.24. The number of fused-ring (bicyclic) bond motifs is 1. The van der Waals surface area contributed by atoms with Gasteiger partial charge in [0.15, 0.2) is 0 Å².